The molecular weight excluding hydrogens is 228 g/mol. The molecule has 4 nitrogen and oxygen atoms in total. The van der Waals surface area contributed by atoms with Crippen molar-refractivity contribution in [3.05, 3.63) is 35.9 Å². The van der Waals surface area contributed by atoms with Crippen molar-refractivity contribution in [1.82, 2.24) is 0 Å². The van der Waals surface area contributed by atoms with Crippen LogP contribution in [0.4, 0.5) is 0 Å². The molecule has 1 aromatic rings. The van der Waals surface area contributed by atoms with Gasteiger partial charge in [0, 0.05) is 5.92 Å². The third-order valence-electron chi connectivity index (χ3n) is 2.36. The predicted molar refractivity (Wildman–Crippen MR) is 61.7 cm³/mol. The molecule has 1 rings (SSSR count). The first-order valence-corrected chi connectivity index (χ1v) is 6.79. The molecule has 0 saturated heterocycles. The van der Waals surface area contributed by atoms with Gasteiger partial charge in [-0.15, -0.1) is 0 Å². The number of aliphatic hydroxyl groups excluding tert-OH is 1. The van der Waals surface area contributed by atoms with Crippen LogP contribution in [0.2, 0.25) is 0 Å². The van der Waals surface area contributed by atoms with Gasteiger partial charge in [-0.05, 0) is 5.56 Å². The number of aliphatic hydroxyl groups is 1. The van der Waals surface area contributed by atoms with E-state index in [9.17, 15) is 8.42 Å². The zero-order valence-corrected chi connectivity index (χ0v) is 10.1. The van der Waals surface area contributed by atoms with Gasteiger partial charge < -0.3 is 5.11 Å². The second kappa shape index (κ2) is 5.43. The predicted octanol–water partition coefficient (Wildman–Crippen LogP) is 1.13. The van der Waals surface area contributed by atoms with E-state index in [1.165, 1.54) is 0 Å². The van der Waals surface area contributed by atoms with Crippen molar-refractivity contribution in [2.24, 2.45) is 0 Å². The lowest BCUT2D eigenvalue weighted by molar-refractivity contribution is 0.104. The van der Waals surface area contributed by atoms with Crippen LogP contribution in [-0.2, 0) is 14.3 Å². The third-order valence-corrected chi connectivity index (χ3v) is 2.96. The molecule has 0 aliphatic carbocycles. The molecule has 1 N–H and O–H groups in total. The highest BCUT2D eigenvalue weighted by Crippen LogP contribution is 2.21. The smallest absolute Gasteiger partial charge is 0.264 e. The average molecular weight is 244 g/mol. The van der Waals surface area contributed by atoms with Crippen molar-refractivity contribution < 1.29 is 17.7 Å². The van der Waals surface area contributed by atoms with Crippen molar-refractivity contribution in [3.63, 3.8) is 0 Å². The van der Waals surface area contributed by atoms with Crippen LogP contribution >= 0.6 is 0 Å². The van der Waals surface area contributed by atoms with E-state index in [2.05, 4.69) is 0 Å². The summed E-state index contributed by atoms with van der Waals surface area (Å²) >= 11 is 0. The summed E-state index contributed by atoms with van der Waals surface area (Å²) in [6.45, 7) is 1.49. The number of hydrogen-bond donors (Lipinski definition) is 1. The fraction of sp³-hybridized carbons (Fsp3) is 0.455. The first kappa shape index (κ1) is 13.2. The third kappa shape index (κ3) is 3.92. The van der Waals surface area contributed by atoms with E-state index in [1.807, 2.05) is 37.3 Å². The highest BCUT2D eigenvalue weighted by Gasteiger charge is 2.22. The molecular formula is C11H16O4S. The highest BCUT2D eigenvalue weighted by molar-refractivity contribution is 7.86. The maximum atomic E-state index is 11.0. The molecule has 0 radical (unpaired) electrons. The summed E-state index contributed by atoms with van der Waals surface area (Å²) in [5.41, 5.74) is 0.935. The van der Waals surface area contributed by atoms with Crippen molar-refractivity contribution >= 4 is 10.1 Å². The lowest BCUT2D eigenvalue weighted by atomic mass is 9.96. The number of hydrogen-bond acceptors (Lipinski definition) is 4. The Balaban J connectivity index is 2.82. The van der Waals surface area contributed by atoms with Gasteiger partial charge in [0.05, 0.1) is 12.9 Å². The number of rotatable bonds is 5. The molecule has 0 aliphatic heterocycles. The van der Waals surface area contributed by atoms with Crippen molar-refractivity contribution in [1.29, 1.82) is 0 Å². The Labute approximate surface area is 96.0 Å². The summed E-state index contributed by atoms with van der Waals surface area (Å²) in [5.74, 6) is -0.180. The minimum absolute atomic E-state index is 0.180. The van der Waals surface area contributed by atoms with Gasteiger partial charge >= 0.3 is 0 Å². The fourth-order valence-corrected chi connectivity index (χ4v) is 2.14. The van der Waals surface area contributed by atoms with E-state index >= 15 is 0 Å². The molecule has 1 aromatic carbocycles. The molecule has 5 heteroatoms. The Morgan fingerprint density at radius 1 is 1.31 bits per heavy atom. The van der Waals surface area contributed by atoms with Gasteiger partial charge in [0.1, 0.15) is 6.10 Å². The van der Waals surface area contributed by atoms with Crippen LogP contribution in [0, 0.1) is 0 Å². The lowest BCUT2D eigenvalue weighted by Crippen LogP contribution is -2.27. The molecule has 0 unspecified atom stereocenters. The molecule has 0 aromatic heterocycles. The van der Waals surface area contributed by atoms with Crippen LogP contribution in [0.3, 0.4) is 0 Å². The second-order valence-corrected chi connectivity index (χ2v) is 5.32. The summed E-state index contributed by atoms with van der Waals surface area (Å²) in [6.07, 6.45) is 0.241. The van der Waals surface area contributed by atoms with E-state index in [1.54, 1.807) is 0 Å². The van der Waals surface area contributed by atoms with E-state index in [4.69, 9.17) is 9.29 Å². The average Bonchev–Trinajstić information content (AvgIpc) is 2.25. The van der Waals surface area contributed by atoms with Gasteiger partial charge in [0.15, 0.2) is 0 Å². The van der Waals surface area contributed by atoms with Gasteiger partial charge in [-0.3, -0.25) is 4.18 Å². The minimum atomic E-state index is -3.55. The van der Waals surface area contributed by atoms with Gasteiger partial charge in [0.25, 0.3) is 10.1 Å². The Morgan fingerprint density at radius 2 is 1.88 bits per heavy atom. The Morgan fingerprint density at radius 3 is 2.31 bits per heavy atom. The molecule has 0 aliphatic rings. The molecule has 0 fully saturated rings. The van der Waals surface area contributed by atoms with Crippen molar-refractivity contribution in [2.45, 2.75) is 18.9 Å². The molecule has 90 valence electrons. The summed E-state index contributed by atoms with van der Waals surface area (Å²) < 4.78 is 26.8. The standard InChI is InChI=1S/C11H16O4S/c1-9(10-6-4-3-5-7-10)11(8-12)15-16(2,13)14/h3-7,9,11-12H,8H2,1-2H3/t9-,11-/m1/s1. The molecule has 0 bridgehead atoms. The van der Waals surface area contributed by atoms with E-state index in [0.29, 0.717) is 0 Å². The zero-order valence-electron chi connectivity index (χ0n) is 9.33. The fourth-order valence-electron chi connectivity index (χ4n) is 1.47. The van der Waals surface area contributed by atoms with E-state index < -0.39 is 16.2 Å². The monoisotopic (exact) mass is 244 g/mol. The largest absolute Gasteiger partial charge is 0.394 e. The maximum Gasteiger partial charge on any atom is 0.264 e. The lowest BCUT2D eigenvalue weighted by Gasteiger charge is -2.21. The number of benzene rings is 1. The minimum Gasteiger partial charge on any atom is -0.394 e. The van der Waals surface area contributed by atoms with Crippen LogP contribution < -0.4 is 0 Å². The van der Waals surface area contributed by atoms with Gasteiger partial charge in [-0.25, -0.2) is 0 Å². The molecule has 0 amide bonds. The zero-order chi connectivity index (χ0) is 12.2. The summed E-state index contributed by atoms with van der Waals surface area (Å²) in [7, 11) is -3.55. The first-order chi connectivity index (χ1) is 7.44. The summed E-state index contributed by atoms with van der Waals surface area (Å²) in [6, 6.07) is 9.35. The quantitative estimate of drug-likeness (QED) is 0.789. The SMILES string of the molecule is C[C@H](c1ccccc1)[C@@H](CO)OS(C)(=O)=O. The van der Waals surface area contributed by atoms with E-state index in [-0.39, 0.29) is 12.5 Å². The van der Waals surface area contributed by atoms with Crippen molar-refractivity contribution in [3.8, 4) is 0 Å². The molecule has 16 heavy (non-hydrogen) atoms. The molecule has 2 atom stereocenters. The molecule has 0 saturated carbocycles. The van der Waals surface area contributed by atoms with Crippen LogP contribution in [0.15, 0.2) is 30.3 Å². The summed E-state index contributed by atoms with van der Waals surface area (Å²) in [4.78, 5) is 0. The normalized spacial score (nSPS) is 15.7. The van der Waals surface area contributed by atoms with Crippen LogP contribution in [0.1, 0.15) is 18.4 Å². The highest BCUT2D eigenvalue weighted by atomic mass is 32.2. The van der Waals surface area contributed by atoms with Gasteiger partial charge in [-0.1, -0.05) is 37.3 Å². The Kier molecular flexibility index (Phi) is 4.46. The molecule has 0 heterocycles. The van der Waals surface area contributed by atoms with E-state index in [0.717, 1.165) is 11.8 Å². The van der Waals surface area contributed by atoms with Crippen LogP contribution in [0.5, 0.6) is 0 Å². The Hall–Kier alpha value is -0.910. The molecule has 0 spiro atoms. The van der Waals surface area contributed by atoms with Crippen LogP contribution in [0.25, 0.3) is 0 Å². The van der Waals surface area contributed by atoms with Gasteiger partial charge in [-0.2, -0.15) is 8.42 Å². The summed E-state index contributed by atoms with van der Waals surface area (Å²) in [5, 5.41) is 9.13. The first-order valence-electron chi connectivity index (χ1n) is 4.98. The second-order valence-electron chi connectivity index (χ2n) is 3.72. The van der Waals surface area contributed by atoms with Crippen molar-refractivity contribution in [2.75, 3.05) is 12.9 Å². The maximum absolute atomic E-state index is 11.0. The topological polar surface area (TPSA) is 63.6 Å². The Bertz CT molecular complexity index is 413. The van der Waals surface area contributed by atoms with Gasteiger partial charge in [0.2, 0.25) is 0 Å². The van der Waals surface area contributed by atoms with Crippen LogP contribution in [-0.4, -0.2) is 32.5 Å².